The highest BCUT2D eigenvalue weighted by Gasteiger charge is 2.13. The van der Waals surface area contributed by atoms with Gasteiger partial charge in [0.05, 0.1) is 26.2 Å². The monoisotopic (exact) mass is 323 g/mol. The quantitative estimate of drug-likeness (QED) is 0.525. The van der Waals surface area contributed by atoms with Crippen LogP contribution >= 0.6 is 0 Å². The first kappa shape index (κ1) is 17.6. The third-order valence-electron chi connectivity index (χ3n) is 4.09. The Bertz CT molecular complexity index is 504. The minimum atomic E-state index is 0.0110. The molecule has 1 amide bonds. The normalized spacial score (nSPS) is 13.2. The number of amides is 1. The topological polar surface area (TPSA) is 68.6 Å². The fourth-order valence-corrected chi connectivity index (χ4v) is 2.67. The van der Waals surface area contributed by atoms with Crippen molar-refractivity contribution in [1.29, 1.82) is 0 Å². The zero-order valence-electron chi connectivity index (χ0n) is 14.2. The largest absolute Gasteiger partial charge is 0.486 e. The van der Waals surface area contributed by atoms with Crippen LogP contribution in [0, 0.1) is 0 Å². The Balaban J connectivity index is 1.67. The fourth-order valence-electron chi connectivity index (χ4n) is 2.67. The molecule has 1 aliphatic rings. The molecular weight excluding hydrogens is 294 g/mol. The lowest BCUT2D eigenvalue weighted by Crippen LogP contribution is -3.11. The highest BCUT2D eigenvalue weighted by Crippen LogP contribution is 2.32. The maximum Gasteiger partial charge on any atom is 0.279 e. The molecule has 0 unspecified atom stereocenters. The second-order valence-corrected chi connectivity index (χ2v) is 5.75. The molecule has 128 valence electrons. The summed E-state index contributed by atoms with van der Waals surface area (Å²) in [6, 6.07) is 5.49. The molecule has 0 aliphatic carbocycles. The SMILES string of the molecule is CC[NH+](CC)CCC[NH2+]CC(=O)Nc1ccc2c(c1)OCCO2. The van der Waals surface area contributed by atoms with Gasteiger partial charge in [-0.15, -0.1) is 0 Å². The van der Waals surface area contributed by atoms with E-state index in [-0.39, 0.29) is 5.91 Å². The number of hydrogen-bond acceptors (Lipinski definition) is 3. The predicted octanol–water partition coefficient (Wildman–Crippen LogP) is -0.725. The van der Waals surface area contributed by atoms with E-state index in [1.54, 1.807) is 4.90 Å². The van der Waals surface area contributed by atoms with Gasteiger partial charge in [0.2, 0.25) is 0 Å². The molecule has 1 aromatic rings. The van der Waals surface area contributed by atoms with E-state index in [4.69, 9.17) is 9.47 Å². The Hall–Kier alpha value is -1.79. The van der Waals surface area contributed by atoms with Gasteiger partial charge in [-0.05, 0) is 26.0 Å². The molecule has 1 heterocycles. The van der Waals surface area contributed by atoms with Crippen LogP contribution < -0.4 is 25.0 Å². The van der Waals surface area contributed by atoms with Crippen LogP contribution in [0.25, 0.3) is 0 Å². The average Bonchev–Trinajstić information content (AvgIpc) is 2.58. The van der Waals surface area contributed by atoms with Gasteiger partial charge >= 0.3 is 0 Å². The summed E-state index contributed by atoms with van der Waals surface area (Å²) in [5, 5.41) is 4.97. The highest BCUT2D eigenvalue weighted by atomic mass is 16.6. The second kappa shape index (κ2) is 9.37. The van der Waals surface area contributed by atoms with Crippen molar-refractivity contribution in [3.8, 4) is 11.5 Å². The Labute approximate surface area is 138 Å². The van der Waals surface area contributed by atoms with Gasteiger partial charge in [0.15, 0.2) is 18.0 Å². The third kappa shape index (κ3) is 5.73. The van der Waals surface area contributed by atoms with Crippen LogP contribution in [0.2, 0.25) is 0 Å². The first-order chi connectivity index (χ1) is 11.2. The maximum absolute atomic E-state index is 12.0. The Morgan fingerprint density at radius 3 is 2.70 bits per heavy atom. The molecule has 1 aromatic carbocycles. The molecule has 2 rings (SSSR count). The van der Waals surface area contributed by atoms with Crippen LogP contribution in [-0.4, -0.2) is 51.8 Å². The summed E-state index contributed by atoms with van der Waals surface area (Å²) in [4.78, 5) is 13.6. The van der Waals surface area contributed by atoms with Crippen molar-refractivity contribution in [2.45, 2.75) is 20.3 Å². The number of fused-ring (bicyclic) bond motifs is 1. The summed E-state index contributed by atoms with van der Waals surface area (Å²) < 4.78 is 11.0. The van der Waals surface area contributed by atoms with Gasteiger partial charge in [-0.2, -0.15) is 0 Å². The van der Waals surface area contributed by atoms with Crippen molar-refractivity contribution in [1.82, 2.24) is 0 Å². The van der Waals surface area contributed by atoms with Crippen molar-refractivity contribution in [3.05, 3.63) is 18.2 Å². The minimum Gasteiger partial charge on any atom is -0.486 e. The number of benzene rings is 1. The zero-order valence-corrected chi connectivity index (χ0v) is 14.2. The Morgan fingerprint density at radius 2 is 1.96 bits per heavy atom. The summed E-state index contributed by atoms with van der Waals surface area (Å²) in [7, 11) is 0. The number of nitrogens with two attached hydrogens (primary N) is 1. The molecule has 0 atom stereocenters. The summed E-state index contributed by atoms with van der Waals surface area (Å²) in [6.45, 7) is 10.5. The summed E-state index contributed by atoms with van der Waals surface area (Å²) in [5.74, 6) is 1.44. The van der Waals surface area contributed by atoms with Gasteiger partial charge in [0, 0.05) is 18.2 Å². The van der Waals surface area contributed by atoms with E-state index in [1.807, 2.05) is 18.2 Å². The lowest BCUT2D eigenvalue weighted by Gasteiger charge is -2.18. The highest BCUT2D eigenvalue weighted by molar-refractivity contribution is 5.91. The van der Waals surface area contributed by atoms with Gasteiger partial charge in [0.25, 0.3) is 5.91 Å². The van der Waals surface area contributed by atoms with Crippen molar-refractivity contribution in [3.63, 3.8) is 0 Å². The van der Waals surface area contributed by atoms with Crippen molar-refractivity contribution < 1.29 is 24.5 Å². The number of hydrogen-bond donors (Lipinski definition) is 3. The second-order valence-electron chi connectivity index (χ2n) is 5.75. The van der Waals surface area contributed by atoms with E-state index in [9.17, 15) is 4.79 Å². The van der Waals surface area contributed by atoms with Crippen molar-refractivity contribution in [2.75, 3.05) is 51.3 Å². The Morgan fingerprint density at radius 1 is 1.22 bits per heavy atom. The van der Waals surface area contributed by atoms with Crippen LogP contribution in [-0.2, 0) is 4.79 Å². The zero-order chi connectivity index (χ0) is 16.5. The van der Waals surface area contributed by atoms with E-state index in [2.05, 4.69) is 24.5 Å². The van der Waals surface area contributed by atoms with E-state index in [1.165, 1.54) is 19.6 Å². The molecule has 0 aromatic heterocycles. The molecule has 0 radical (unpaired) electrons. The van der Waals surface area contributed by atoms with Gasteiger partial charge in [-0.1, -0.05) is 0 Å². The summed E-state index contributed by atoms with van der Waals surface area (Å²) in [6.07, 6.45) is 1.13. The number of rotatable bonds is 9. The minimum absolute atomic E-state index is 0.0110. The molecule has 6 heteroatoms. The summed E-state index contributed by atoms with van der Waals surface area (Å²) in [5.41, 5.74) is 0.750. The van der Waals surface area contributed by atoms with Crippen LogP contribution in [0.5, 0.6) is 11.5 Å². The van der Waals surface area contributed by atoms with Crippen LogP contribution in [0.1, 0.15) is 20.3 Å². The number of anilines is 1. The number of quaternary nitrogens is 2. The van der Waals surface area contributed by atoms with E-state index in [0.717, 1.165) is 24.4 Å². The van der Waals surface area contributed by atoms with Gasteiger partial charge in [0.1, 0.15) is 13.2 Å². The first-order valence-electron chi connectivity index (χ1n) is 8.57. The fraction of sp³-hybridized carbons (Fsp3) is 0.588. The van der Waals surface area contributed by atoms with Gasteiger partial charge in [-0.3, -0.25) is 4.79 Å². The first-order valence-corrected chi connectivity index (χ1v) is 8.57. The molecule has 0 spiro atoms. The predicted molar refractivity (Wildman–Crippen MR) is 89.2 cm³/mol. The van der Waals surface area contributed by atoms with Gasteiger partial charge in [-0.25, -0.2) is 0 Å². The molecule has 23 heavy (non-hydrogen) atoms. The molecule has 6 nitrogen and oxygen atoms in total. The van der Waals surface area contributed by atoms with Gasteiger partial charge < -0.3 is 25.0 Å². The van der Waals surface area contributed by atoms with Crippen molar-refractivity contribution in [2.24, 2.45) is 0 Å². The van der Waals surface area contributed by atoms with Crippen LogP contribution in [0.3, 0.4) is 0 Å². The third-order valence-corrected chi connectivity index (χ3v) is 4.09. The number of carbonyl (C=O) groups excluding carboxylic acids is 1. The Kier molecular flexibility index (Phi) is 7.16. The molecule has 1 aliphatic heterocycles. The van der Waals surface area contributed by atoms with Crippen LogP contribution in [0.4, 0.5) is 5.69 Å². The molecular formula is C17H29N3O3+2. The number of nitrogens with one attached hydrogen (secondary N) is 2. The van der Waals surface area contributed by atoms with E-state index >= 15 is 0 Å². The molecule has 0 saturated carbocycles. The summed E-state index contributed by atoms with van der Waals surface area (Å²) >= 11 is 0. The number of ether oxygens (including phenoxy) is 2. The van der Waals surface area contributed by atoms with E-state index < -0.39 is 0 Å². The smallest absolute Gasteiger partial charge is 0.279 e. The molecule has 0 saturated heterocycles. The molecule has 4 N–H and O–H groups in total. The standard InChI is InChI=1S/C17H27N3O3/c1-3-20(4-2)9-5-8-18-13-17(21)19-14-6-7-15-16(12-14)23-11-10-22-15/h6-7,12,18H,3-5,8-11,13H2,1-2H3,(H,19,21)/p+2. The lowest BCUT2D eigenvalue weighted by molar-refractivity contribution is -0.898. The van der Waals surface area contributed by atoms with Crippen molar-refractivity contribution >= 4 is 11.6 Å². The number of carbonyl (C=O) groups is 1. The average molecular weight is 323 g/mol. The molecule has 0 bridgehead atoms. The maximum atomic E-state index is 12.0. The lowest BCUT2D eigenvalue weighted by atomic mass is 10.2. The van der Waals surface area contributed by atoms with E-state index in [0.29, 0.717) is 25.5 Å². The van der Waals surface area contributed by atoms with Crippen LogP contribution in [0.15, 0.2) is 18.2 Å². The molecule has 0 fully saturated rings.